The molecule has 0 unspecified atom stereocenters. The largest absolute Gasteiger partial charge is 0.495 e. The fourth-order valence-corrected chi connectivity index (χ4v) is 4.05. The molecule has 0 bridgehead atoms. The van der Waals surface area contributed by atoms with Crippen LogP contribution >= 0.6 is 11.3 Å². The van der Waals surface area contributed by atoms with Crippen LogP contribution in [0.25, 0.3) is 0 Å². The van der Waals surface area contributed by atoms with Gasteiger partial charge in [-0.2, -0.15) is 0 Å². The summed E-state index contributed by atoms with van der Waals surface area (Å²) in [6, 6.07) is 18.5. The van der Waals surface area contributed by atoms with Crippen LogP contribution in [0.4, 0.5) is 5.69 Å². The molecule has 3 rings (SSSR count). The first-order chi connectivity index (χ1) is 14.0. The molecule has 3 aromatic rings. The molecule has 1 atom stereocenters. The highest BCUT2D eigenvalue weighted by Crippen LogP contribution is 2.28. The summed E-state index contributed by atoms with van der Waals surface area (Å²) in [6.07, 6.45) is 0. The second kappa shape index (κ2) is 9.72. The molecule has 1 heterocycles. The second-order valence-corrected chi connectivity index (χ2v) is 8.38. The van der Waals surface area contributed by atoms with E-state index in [0.717, 1.165) is 11.1 Å². The highest BCUT2D eigenvalue weighted by Gasteiger charge is 2.17. The smallest absolute Gasteiger partial charge is 0.238 e. The normalized spacial score (nSPS) is 12.0. The van der Waals surface area contributed by atoms with Crippen molar-refractivity contribution in [2.45, 2.75) is 32.7 Å². The lowest BCUT2D eigenvalue weighted by molar-refractivity contribution is -0.115. The molecule has 0 aliphatic rings. The number of carbonyl (C=O) groups excluding carboxylic acids is 1. The van der Waals surface area contributed by atoms with Gasteiger partial charge in [-0.25, -0.2) is 0 Å². The SMILES string of the molecule is COc1ccc(C)cc1NC(=O)CN[C@H](c1ccc(C(C)C)cc1)c1cccs1. The summed E-state index contributed by atoms with van der Waals surface area (Å²) in [4.78, 5) is 13.8. The second-order valence-electron chi connectivity index (χ2n) is 7.40. The van der Waals surface area contributed by atoms with E-state index in [-0.39, 0.29) is 18.5 Å². The van der Waals surface area contributed by atoms with Gasteiger partial charge in [-0.05, 0) is 53.1 Å². The molecule has 5 heteroatoms. The molecule has 0 aliphatic heterocycles. The van der Waals surface area contributed by atoms with Gasteiger partial charge in [0.15, 0.2) is 0 Å². The third-order valence-corrected chi connectivity index (χ3v) is 5.80. The molecule has 2 N–H and O–H groups in total. The van der Waals surface area contributed by atoms with Gasteiger partial charge in [-0.15, -0.1) is 11.3 Å². The van der Waals surface area contributed by atoms with Crippen molar-refractivity contribution < 1.29 is 9.53 Å². The minimum Gasteiger partial charge on any atom is -0.495 e. The summed E-state index contributed by atoms with van der Waals surface area (Å²) in [5.74, 6) is 1.05. The Morgan fingerprint density at radius 2 is 1.79 bits per heavy atom. The van der Waals surface area contributed by atoms with Gasteiger partial charge >= 0.3 is 0 Å². The number of aryl methyl sites for hydroxylation is 1. The molecule has 4 nitrogen and oxygen atoms in total. The van der Waals surface area contributed by atoms with Gasteiger partial charge in [0, 0.05) is 4.88 Å². The Bertz CT molecular complexity index is 934. The summed E-state index contributed by atoms with van der Waals surface area (Å²) in [5, 5.41) is 8.43. The molecule has 152 valence electrons. The molecule has 1 aromatic heterocycles. The Morgan fingerprint density at radius 3 is 2.41 bits per heavy atom. The summed E-state index contributed by atoms with van der Waals surface area (Å²) in [5.41, 5.74) is 4.21. The van der Waals surface area contributed by atoms with E-state index >= 15 is 0 Å². The maximum atomic E-state index is 12.6. The lowest BCUT2D eigenvalue weighted by Gasteiger charge is -2.19. The van der Waals surface area contributed by atoms with Crippen molar-refractivity contribution in [1.82, 2.24) is 5.32 Å². The molecule has 0 radical (unpaired) electrons. The van der Waals surface area contributed by atoms with E-state index in [9.17, 15) is 4.79 Å². The van der Waals surface area contributed by atoms with Crippen LogP contribution in [0.15, 0.2) is 60.0 Å². The van der Waals surface area contributed by atoms with Crippen LogP contribution in [-0.4, -0.2) is 19.6 Å². The third kappa shape index (κ3) is 5.46. The van der Waals surface area contributed by atoms with Gasteiger partial charge in [-0.3, -0.25) is 10.1 Å². The molecule has 29 heavy (non-hydrogen) atoms. The number of thiophene rings is 1. The zero-order valence-corrected chi connectivity index (χ0v) is 18.2. The first kappa shape index (κ1) is 21.1. The van der Waals surface area contributed by atoms with Crippen LogP contribution in [0.3, 0.4) is 0 Å². The van der Waals surface area contributed by atoms with Crippen molar-refractivity contribution in [3.63, 3.8) is 0 Å². The van der Waals surface area contributed by atoms with Crippen LogP contribution in [0.5, 0.6) is 5.75 Å². The number of hydrogen-bond donors (Lipinski definition) is 2. The van der Waals surface area contributed by atoms with Crippen molar-refractivity contribution in [2.75, 3.05) is 19.0 Å². The minimum atomic E-state index is -0.103. The van der Waals surface area contributed by atoms with Gasteiger partial charge < -0.3 is 10.1 Å². The topological polar surface area (TPSA) is 50.4 Å². The maximum absolute atomic E-state index is 12.6. The summed E-state index contributed by atoms with van der Waals surface area (Å²) in [7, 11) is 1.60. The van der Waals surface area contributed by atoms with Gasteiger partial charge in [0.2, 0.25) is 5.91 Å². The molecule has 0 saturated carbocycles. The fraction of sp³-hybridized carbons (Fsp3) is 0.292. The van der Waals surface area contributed by atoms with E-state index in [2.05, 4.69) is 60.2 Å². The molecule has 0 aliphatic carbocycles. The van der Waals surface area contributed by atoms with Gasteiger partial charge in [0.1, 0.15) is 5.75 Å². The van der Waals surface area contributed by atoms with Crippen LogP contribution in [0.2, 0.25) is 0 Å². The lowest BCUT2D eigenvalue weighted by Crippen LogP contribution is -2.31. The first-order valence-corrected chi connectivity index (χ1v) is 10.7. The Labute approximate surface area is 176 Å². The van der Waals surface area contributed by atoms with E-state index < -0.39 is 0 Å². The first-order valence-electron chi connectivity index (χ1n) is 9.79. The van der Waals surface area contributed by atoms with E-state index in [1.165, 1.54) is 10.4 Å². The predicted molar refractivity (Wildman–Crippen MR) is 121 cm³/mol. The van der Waals surface area contributed by atoms with E-state index in [0.29, 0.717) is 17.4 Å². The van der Waals surface area contributed by atoms with Crippen molar-refractivity contribution in [1.29, 1.82) is 0 Å². The number of ether oxygens (including phenoxy) is 1. The molecule has 2 aromatic carbocycles. The summed E-state index contributed by atoms with van der Waals surface area (Å²) < 4.78 is 5.35. The number of hydrogen-bond acceptors (Lipinski definition) is 4. The number of carbonyl (C=O) groups is 1. The number of benzene rings is 2. The Morgan fingerprint density at radius 1 is 1.07 bits per heavy atom. The number of methoxy groups -OCH3 is 1. The number of nitrogens with one attached hydrogen (secondary N) is 2. The standard InChI is InChI=1S/C24H28N2O2S/c1-16(2)18-8-10-19(11-9-18)24(22-6-5-13-29-22)25-15-23(27)26-20-14-17(3)7-12-21(20)28-4/h5-14,16,24-25H,15H2,1-4H3,(H,26,27)/t24-/m1/s1. The summed E-state index contributed by atoms with van der Waals surface area (Å²) >= 11 is 1.69. The molecule has 0 saturated heterocycles. The number of anilines is 1. The van der Waals surface area contributed by atoms with Crippen molar-refractivity contribution >= 4 is 22.9 Å². The number of amides is 1. The molecule has 0 spiro atoms. The van der Waals surface area contributed by atoms with Crippen molar-refractivity contribution in [2.24, 2.45) is 0 Å². The Hall–Kier alpha value is -2.63. The number of rotatable bonds is 8. The summed E-state index contributed by atoms with van der Waals surface area (Å²) in [6.45, 7) is 6.56. The third-order valence-electron chi connectivity index (χ3n) is 4.86. The van der Waals surface area contributed by atoms with E-state index in [4.69, 9.17) is 4.74 Å². The zero-order valence-electron chi connectivity index (χ0n) is 17.4. The average Bonchev–Trinajstić information content (AvgIpc) is 3.23. The fourth-order valence-electron chi connectivity index (χ4n) is 3.22. The quantitative estimate of drug-likeness (QED) is 0.517. The molecular weight excluding hydrogens is 380 g/mol. The zero-order chi connectivity index (χ0) is 20.8. The maximum Gasteiger partial charge on any atom is 0.238 e. The van der Waals surface area contributed by atoms with Crippen LogP contribution in [-0.2, 0) is 4.79 Å². The highest BCUT2D eigenvalue weighted by atomic mass is 32.1. The van der Waals surface area contributed by atoms with Gasteiger partial charge in [-0.1, -0.05) is 50.2 Å². The Kier molecular flexibility index (Phi) is 7.07. The van der Waals surface area contributed by atoms with Crippen LogP contribution in [0, 0.1) is 6.92 Å². The van der Waals surface area contributed by atoms with Crippen molar-refractivity contribution in [3.05, 3.63) is 81.5 Å². The minimum absolute atomic E-state index is 0.0265. The van der Waals surface area contributed by atoms with Crippen LogP contribution < -0.4 is 15.4 Å². The predicted octanol–water partition coefficient (Wildman–Crippen LogP) is 5.51. The average molecular weight is 409 g/mol. The van der Waals surface area contributed by atoms with E-state index in [1.807, 2.05) is 31.2 Å². The van der Waals surface area contributed by atoms with Gasteiger partial charge in [0.05, 0.1) is 25.4 Å². The Balaban J connectivity index is 1.72. The highest BCUT2D eigenvalue weighted by molar-refractivity contribution is 7.10. The van der Waals surface area contributed by atoms with Crippen molar-refractivity contribution in [3.8, 4) is 5.75 Å². The van der Waals surface area contributed by atoms with E-state index in [1.54, 1.807) is 18.4 Å². The van der Waals surface area contributed by atoms with Crippen LogP contribution in [0.1, 0.15) is 47.4 Å². The molecular formula is C24H28N2O2S. The van der Waals surface area contributed by atoms with Gasteiger partial charge in [0.25, 0.3) is 0 Å². The monoisotopic (exact) mass is 408 g/mol. The lowest BCUT2D eigenvalue weighted by atomic mass is 9.98. The molecule has 1 amide bonds. The molecule has 0 fully saturated rings.